The minimum Gasteiger partial charge on any atom is -0.450 e. The summed E-state index contributed by atoms with van der Waals surface area (Å²) in [6, 6.07) is 15.9. The molecule has 0 aliphatic carbocycles. The van der Waals surface area contributed by atoms with Gasteiger partial charge in [0.25, 0.3) is 5.91 Å². The Morgan fingerprint density at radius 1 is 1.07 bits per heavy atom. The van der Waals surface area contributed by atoms with E-state index in [1.165, 1.54) is 16.2 Å². The number of anilines is 1. The Morgan fingerprint density at radius 2 is 1.83 bits per heavy atom. The second-order valence-corrected chi connectivity index (χ2v) is 8.91. The Balaban J connectivity index is 1.76. The highest BCUT2D eigenvalue weighted by Crippen LogP contribution is 2.42. The zero-order chi connectivity index (χ0) is 20.0. The number of aromatic nitrogens is 2. The van der Waals surface area contributed by atoms with E-state index in [2.05, 4.69) is 10.2 Å². The predicted molar refractivity (Wildman–Crippen MR) is 114 cm³/mol. The molecule has 0 radical (unpaired) electrons. The van der Waals surface area contributed by atoms with Crippen LogP contribution in [-0.4, -0.2) is 21.9 Å². The van der Waals surface area contributed by atoms with Crippen molar-refractivity contribution in [1.29, 1.82) is 0 Å². The van der Waals surface area contributed by atoms with Crippen LogP contribution in [0.25, 0.3) is 11.0 Å². The van der Waals surface area contributed by atoms with Crippen LogP contribution in [0.1, 0.15) is 34.6 Å². The molecule has 8 heteroatoms. The SMILES string of the molecule is CCSc1nnc(N2C(=O)c3oc4ccccc4c(=O)c3C2c2ccccc2)s1. The van der Waals surface area contributed by atoms with Crippen LogP contribution in [0.3, 0.4) is 0 Å². The van der Waals surface area contributed by atoms with Crippen LogP contribution in [0, 0.1) is 0 Å². The molecule has 0 spiro atoms. The van der Waals surface area contributed by atoms with Crippen LogP contribution in [0.4, 0.5) is 5.13 Å². The number of rotatable bonds is 4. The maximum absolute atomic E-state index is 13.4. The van der Waals surface area contributed by atoms with Gasteiger partial charge in [-0.1, -0.05) is 72.5 Å². The first-order chi connectivity index (χ1) is 14.2. The van der Waals surface area contributed by atoms with E-state index in [9.17, 15) is 9.59 Å². The van der Waals surface area contributed by atoms with Crippen molar-refractivity contribution in [3.05, 3.63) is 81.7 Å². The number of fused-ring (bicyclic) bond motifs is 2. The van der Waals surface area contributed by atoms with Gasteiger partial charge in [-0.25, -0.2) is 0 Å². The zero-order valence-corrected chi connectivity index (χ0v) is 17.0. The molecule has 0 fully saturated rings. The van der Waals surface area contributed by atoms with Gasteiger partial charge in [0.05, 0.1) is 17.0 Å². The first kappa shape index (κ1) is 18.1. The van der Waals surface area contributed by atoms with Gasteiger partial charge in [-0.05, 0) is 23.4 Å². The van der Waals surface area contributed by atoms with Gasteiger partial charge in [0, 0.05) is 0 Å². The van der Waals surface area contributed by atoms with Crippen LogP contribution in [0.5, 0.6) is 0 Å². The zero-order valence-electron chi connectivity index (χ0n) is 15.4. The van der Waals surface area contributed by atoms with E-state index in [1.54, 1.807) is 36.0 Å². The molecule has 2 aromatic carbocycles. The molecule has 29 heavy (non-hydrogen) atoms. The minimum absolute atomic E-state index is 0.0717. The van der Waals surface area contributed by atoms with Crippen molar-refractivity contribution in [2.45, 2.75) is 17.3 Å². The molecule has 1 amide bonds. The first-order valence-electron chi connectivity index (χ1n) is 9.09. The Hall–Kier alpha value is -2.97. The number of amides is 1. The maximum Gasteiger partial charge on any atom is 0.297 e. The van der Waals surface area contributed by atoms with Crippen molar-refractivity contribution in [3.63, 3.8) is 0 Å². The van der Waals surface area contributed by atoms with Crippen LogP contribution >= 0.6 is 23.1 Å². The fourth-order valence-corrected chi connectivity index (χ4v) is 5.31. The van der Waals surface area contributed by atoms with Gasteiger partial charge < -0.3 is 4.42 Å². The molecule has 0 saturated carbocycles. The molecular weight excluding hydrogens is 406 g/mol. The van der Waals surface area contributed by atoms with Gasteiger partial charge in [0.2, 0.25) is 10.9 Å². The lowest BCUT2D eigenvalue weighted by Crippen LogP contribution is -2.29. The van der Waals surface area contributed by atoms with Gasteiger partial charge in [0.1, 0.15) is 5.58 Å². The number of hydrogen-bond acceptors (Lipinski definition) is 7. The van der Waals surface area contributed by atoms with Crippen LogP contribution in [0.15, 0.2) is 68.1 Å². The van der Waals surface area contributed by atoms with Crippen molar-refractivity contribution in [1.82, 2.24) is 10.2 Å². The van der Waals surface area contributed by atoms with Crippen molar-refractivity contribution in [3.8, 4) is 0 Å². The summed E-state index contributed by atoms with van der Waals surface area (Å²) < 4.78 is 6.70. The van der Waals surface area contributed by atoms with E-state index in [4.69, 9.17) is 4.42 Å². The predicted octanol–water partition coefficient (Wildman–Crippen LogP) is 4.51. The molecule has 1 unspecified atom stereocenters. The molecule has 1 aliphatic heterocycles. The number of para-hydroxylation sites is 1. The molecule has 2 aromatic heterocycles. The topological polar surface area (TPSA) is 76.3 Å². The Bertz CT molecular complexity index is 1280. The molecule has 1 aliphatic rings. The molecule has 0 saturated heterocycles. The van der Waals surface area contributed by atoms with Gasteiger partial charge in [-0.3, -0.25) is 14.5 Å². The van der Waals surface area contributed by atoms with Gasteiger partial charge >= 0.3 is 0 Å². The molecule has 6 nitrogen and oxygen atoms in total. The van der Waals surface area contributed by atoms with Gasteiger partial charge in [0.15, 0.2) is 9.77 Å². The van der Waals surface area contributed by atoms with Crippen molar-refractivity contribution in [2.24, 2.45) is 0 Å². The highest BCUT2D eigenvalue weighted by molar-refractivity contribution is 8.01. The smallest absolute Gasteiger partial charge is 0.297 e. The highest BCUT2D eigenvalue weighted by Gasteiger charge is 2.45. The van der Waals surface area contributed by atoms with Crippen LogP contribution in [-0.2, 0) is 0 Å². The third kappa shape index (κ3) is 2.87. The standard InChI is InChI=1S/C21H15N3O3S2/c1-2-28-21-23-22-20(29-21)24-16(12-8-4-3-5-9-12)15-17(25)13-10-6-7-11-14(13)27-18(15)19(24)26/h3-11,16H,2H2,1H3. The largest absolute Gasteiger partial charge is 0.450 e. The van der Waals surface area contributed by atoms with E-state index in [-0.39, 0.29) is 17.1 Å². The Morgan fingerprint density at radius 3 is 2.62 bits per heavy atom. The Kier molecular flexibility index (Phi) is 4.44. The average molecular weight is 422 g/mol. The summed E-state index contributed by atoms with van der Waals surface area (Å²) in [4.78, 5) is 28.3. The molecule has 4 aromatic rings. The summed E-state index contributed by atoms with van der Waals surface area (Å²) in [5.74, 6) is 0.555. The Labute approximate surface area is 174 Å². The lowest BCUT2D eigenvalue weighted by Gasteiger charge is -2.21. The summed E-state index contributed by atoms with van der Waals surface area (Å²) in [5.41, 5.74) is 1.37. The second kappa shape index (κ2) is 7.13. The average Bonchev–Trinajstić information content (AvgIpc) is 3.32. The highest BCUT2D eigenvalue weighted by atomic mass is 32.2. The lowest BCUT2D eigenvalue weighted by atomic mass is 9.99. The molecule has 5 rings (SSSR count). The first-order valence-corrected chi connectivity index (χ1v) is 10.9. The fraction of sp³-hybridized carbons (Fsp3) is 0.143. The molecule has 1 atom stereocenters. The summed E-state index contributed by atoms with van der Waals surface area (Å²) in [6.45, 7) is 2.03. The van der Waals surface area contributed by atoms with E-state index in [0.717, 1.165) is 15.7 Å². The fourth-order valence-electron chi connectivity index (χ4n) is 3.55. The number of thioether (sulfide) groups is 1. The molecule has 0 bridgehead atoms. The van der Waals surface area contributed by atoms with Crippen molar-refractivity contribution in [2.75, 3.05) is 10.7 Å². The van der Waals surface area contributed by atoms with Gasteiger partial charge in [-0.15, -0.1) is 10.2 Å². The quantitative estimate of drug-likeness (QED) is 0.357. The lowest BCUT2D eigenvalue weighted by molar-refractivity contribution is 0.0970. The van der Waals surface area contributed by atoms with E-state index in [1.807, 2.05) is 37.3 Å². The van der Waals surface area contributed by atoms with E-state index < -0.39 is 6.04 Å². The third-order valence-corrected chi connectivity index (χ3v) is 6.70. The van der Waals surface area contributed by atoms with Crippen LogP contribution in [0.2, 0.25) is 0 Å². The number of carbonyl (C=O) groups is 1. The summed E-state index contributed by atoms with van der Waals surface area (Å²) in [5, 5.41) is 9.33. The summed E-state index contributed by atoms with van der Waals surface area (Å²) in [7, 11) is 0. The maximum atomic E-state index is 13.4. The normalized spacial score (nSPS) is 15.8. The second-order valence-electron chi connectivity index (χ2n) is 6.44. The van der Waals surface area contributed by atoms with Gasteiger partial charge in [-0.2, -0.15) is 0 Å². The molecule has 3 heterocycles. The monoisotopic (exact) mass is 421 g/mol. The minimum atomic E-state index is -0.605. The van der Waals surface area contributed by atoms with E-state index in [0.29, 0.717) is 21.7 Å². The van der Waals surface area contributed by atoms with Crippen molar-refractivity contribution >= 4 is 45.1 Å². The third-order valence-electron chi connectivity index (χ3n) is 4.76. The summed E-state index contributed by atoms with van der Waals surface area (Å²) >= 11 is 2.90. The molecular formula is C21H15N3O3S2. The summed E-state index contributed by atoms with van der Waals surface area (Å²) in [6.07, 6.45) is 0. The van der Waals surface area contributed by atoms with Crippen LogP contribution < -0.4 is 10.3 Å². The molecule has 144 valence electrons. The number of nitrogens with zero attached hydrogens (tertiary/aromatic N) is 3. The molecule has 0 N–H and O–H groups in total. The number of benzene rings is 2. The van der Waals surface area contributed by atoms with E-state index >= 15 is 0 Å². The number of hydrogen-bond donors (Lipinski definition) is 0. The van der Waals surface area contributed by atoms with Crippen molar-refractivity contribution < 1.29 is 9.21 Å². The number of carbonyl (C=O) groups excluding carboxylic acids is 1.